The van der Waals surface area contributed by atoms with Gasteiger partial charge < -0.3 is 14.6 Å². The lowest BCUT2D eigenvalue weighted by molar-refractivity contribution is -0.0235. The zero-order valence-electron chi connectivity index (χ0n) is 11.2. The van der Waals surface area contributed by atoms with Crippen LogP contribution >= 0.6 is 0 Å². The molecule has 0 radical (unpaired) electrons. The van der Waals surface area contributed by atoms with Gasteiger partial charge in [-0.3, -0.25) is 0 Å². The SMILES string of the molecule is CCCCOCCOCC(O)C1CCCCC1. The average molecular weight is 244 g/mol. The topological polar surface area (TPSA) is 38.7 Å². The predicted molar refractivity (Wildman–Crippen MR) is 69.1 cm³/mol. The van der Waals surface area contributed by atoms with E-state index >= 15 is 0 Å². The van der Waals surface area contributed by atoms with Gasteiger partial charge in [0.25, 0.3) is 0 Å². The lowest BCUT2D eigenvalue weighted by Crippen LogP contribution is -2.28. The van der Waals surface area contributed by atoms with Crippen LogP contribution in [0.4, 0.5) is 0 Å². The molecule has 17 heavy (non-hydrogen) atoms. The number of ether oxygens (including phenoxy) is 2. The molecule has 1 aliphatic rings. The molecule has 0 spiro atoms. The standard InChI is InChI=1S/C14H28O3/c1-2-3-9-16-10-11-17-12-14(15)13-7-5-4-6-8-13/h13-15H,2-12H2,1H3. The molecule has 0 aromatic heterocycles. The monoisotopic (exact) mass is 244 g/mol. The summed E-state index contributed by atoms with van der Waals surface area (Å²) in [6, 6.07) is 0. The number of hydrogen-bond acceptors (Lipinski definition) is 3. The van der Waals surface area contributed by atoms with Crippen molar-refractivity contribution in [1.82, 2.24) is 0 Å². The van der Waals surface area contributed by atoms with Crippen molar-refractivity contribution >= 4 is 0 Å². The lowest BCUT2D eigenvalue weighted by atomic mass is 9.85. The first-order valence-electron chi connectivity index (χ1n) is 7.18. The van der Waals surface area contributed by atoms with Crippen LogP contribution in [0.25, 0.3) is 0 Å². The van der Waals surface area contributed by atoms with Gasteiger partial charge in [0, 0.05) is 6.61 Å². The van der Waals surface area contributed by atoms with Gasteiger partial charge in [-0.05, 0) is 25.2 Å². The first-order chi connectivity index (χ1) is 8.34. The molecule has 1 saturated carbocycles. The first kappa shape index (κ1) is 14.9. The van der Waals surface area contributed by atoms with Crippen molar-refractivity contribution in [3.05, 3.63) is 0 Å². The molecule has 0 amide bonds. The third-order valence-corrected chi connectivity index (χ3v) is 3.50. The maximum absolute atomic E-state index is 9.95. The number of rotatable bonds is 9. The van der Waals surface area contributed by atoms with Crippen LogP contribution in [0.1, 0.15) is 51.9 Å². The van der Waals surface area contributed by atoms with Crippen molar-refractivity contribution in [1.29, 1.82) is 0 Å². The summed E-state index contributed by atoms with van der Waals surface area (Å²) in [6.45, 7) is 4.71. The number of aliphatic hydroxyl groups is 1. The molecular formula is C14H28O3. The van der Waals surface area contributed by atoms with Gasteiger partial charge in [0.05, 0.1) is 25.9 Å². The quantitative estimate of drug-likeness (QED) is 0.634. The van der Waals surface area contributed by atoms with Crippen LogP contribution in [0, 0.1) is 5.92 Å². The highest BCUT2D eigenvalue weighted by Crippen LogP contribution is 2.26. The Morgan fingerprint density at radius 2 is 1.76 bits per heavy atom. The van der Waals surface area contributed by atoms with Gasteiger partial charge in [-0.15, -0.1) is 0 Å². The van der Waals surface area contributed by atoms with Crippen molar-refractivity contribution in [2.24, 2.45) is 5.92 Å². The molecule has 1 unspecified atom stereocenters. The van der Waals surface area contributed by atoms with E-state index < -0.39 is 0 Å². The summed E-state index contributed by atoms with van der Waals surface area (Å²) in [5, 5.41) is 9.95. The van der Waals surface area contributed by atoms with Crippen LogP contribution in [0.5, 0.6) is 0 Å². The predicted octanol–water partition coefficient (Wildman–Crippen LogP) is 2.76. The normalized spacial score (nSPS) is 19.4. The fourth-order valence-electron chi connectivity index (χ4n) is 2.33. The van der Waals surface area contributed by atoms with E-state index in [4.69, 9.17) is 9.47 Å². The molecule has 0 saturated heterocycles. The summed E-state index contributed by atoms with van der Waals surface area (Å²) in [7, 11) is 0. The highest BCUT2D eigenvalue weighted by atomic mass is 16.5. The van der Waals surface area contributed by atoms with Crippen molar-refractivity contribution in [2.75, 3.05) is 26.4 Å². The molecule has 0 aliphatic heterocycles. The van der Waals surface area contributed by atoms with E-state index in [0.717, 1.165) is 25.9 Å². The summed E-state index contributed by atoms with van der Waals surface area (Å²) < 4.78 is 10.8. The zero-order chi connectivity index (χ0) is 12.3. The molecule has 1 aliphatic carbocycles. The van der Waals surface area contributed by atoms with Crippen molar-refractivity contribution in [2.45, 2.75) is 58.0 Å². The average Bonchev–Trinajstić information content (AvgIpc) is 2.38. The molecule has 3 nitrogen and oxygen atoms in total. The second-order valence-corrected chi connectivity index (χ2v) is 5.01. The van der Waals surface area contributed by atoms with Gasteiger partial charge in [0.15, 0.2) is 0 Å². The Morgan fingerprint density at radius 1 is 1.06 bits per heavy atom. The minimum absolute atomic E-state index is 0.272. The Bertz CT molecular complexity index is 167. The maximum atomic E-state index is 9.95. The molecule has 102 valence electrons. The van der Waals surface area contributed by atoms with Gasteiger partial charge in [0.1, 0.15) is 0 Å². The Balaban J connectivity index is 1.90. The van der Waals surface area contributed by atoms with Gasteiger partial charge in [-0.2, -0.15) is 0 Å². The molecule has 0 bridgehead atoms. The van der Waals surface area contributed by atoms with Crippen LogP contribution in [-0.4, -0.2) is 37.6 Å². The van der Waals surface area contributed by atoms with E-state index in [1.807, 2.05) is 0 Å². The van der Waals surface area contributed by atoms with Gasteiger partial charge in [-0.25, -0.2) is 0 Å². The van der Waals surface area contributed by atoms with Crippen LogP contribution in [0.3, 0.4) is 0 Å². The number of hydrogen-bond donors (Lipinski definition) is 1. The van der Waals surface area contributed by atoms with Crippen LogP contribution in [0.15, 0.2) is 0 Å². The Hall–Kier alpha value is -0.120. The van der Waals surface area contributed by atoms with E-state index in [-0.39, 0.29) is 6.10 Å². The molecule has 3 heteroatoms. The van der Waals surface area contributed by atoms with Crippen molar-refractivity contribution in [3.63, 3.8) is 0 Å². The molecule has 0 heterocycles. The van der Waals surface area contributed by atoms with Crippen LogP contribution < -0.4 is 0 Å². The van der Waals surface area contributed by atoms with Crippen molar-refractivity contribution < 1.29 is 14.6 Å². The Morgan fingerprint density at radius 3 is 2.47 bits per heavy atom. The smallest absolute Gasteiger partial charge is 0.0801 e. The molecular weight excluding hydrogens is 216 g/mol. The first-order valence-corrected chi connectivity index (χ1v) is 7.18. The number of aliphatic hydroxyl groups excluding tert-OH is 1. The highest BCUT2D eigenvalue weighted by Gasteiger charge is 2.21. The molecule has 0 aromatic carbocycles. The van der Waals surface area contributed by atoms with E-state index in [0.29, 0.717) is 25.7 Å². The molecule has 1 rings (SSSR count). The largest absolute Gasteiger partial charge is 0.390 e. The minimum Gasteiger partial charge on any atom is -0.390 e. The Labute approximate surface area is 105 Å². The maximum Gasteiger partial charge on any atom is 0.0801 e. The van der Waals surface area contributed by atoms with Crippen LogP contribution in [-0.2, 0) is 9.47 Å². The van der Waals surface area contributed by atoms with E-state index in [9.17, 15) is 5.11 Å². The molecule has 0 aromatic rings. The summed E-state index contributed by atoms with van der Waals surface area (Å²) in [6.07, 6.45) is 8.20. The lowest BCUT2D eigenvalue weighted by Gasteiger charge is -2.26. The summed E-state index contributed by atoms with van der Waals surface area (Å²) in [4.78, 5) is 0. The third-order valence-electron chi connectivity index (χ3n) is 3.50. The fourth-order valence-corrected chi connectivity index (χ4v) is 2.33. The Kier molecular flexibility index (Phi) is 8.67. The second kappa shape index (κ2) is 9.86. The van der Waals surface area contributed by atoms with Gasteiger partial charge in [-0.1, -0.05) is 32.6 Å². The summed E-state index contributed by atoms with van der Waals surface area (Å²) in [5.74, 6) is 0.463. The summed E-state index contributed by atoms with van der Waals surface area (Å²) in [5.41, 5.74) is 0. The molecule has 1 atom stereocenters. The highest BCUT2D eigenvalue weighted by molar-refractivity contribution is 4.72. The fraction of sp³-hybridized carbons (Fsp3) is 1.00. The third kappa shape index (κ3) is 7.02. The summed E-state index contributed by atoms with van der Waals surface area (Å²) >= 11 is 0. The van der Waals surface area contributed by atoms with Gasteiger partial charge >= 0.3 is 0 Å². The number of unbranched alkanes of at least 4 members (excludes halogenated alkanes) is 1. The second-order valence-electron chi connectivity index (χ2n) is 5.01. The molecule has 1 fully saturated rings. The van der Waals surface area contributed by atoms with Crippen LogP contribution in [0.2, 0.25) is 0 Å². The molecule has 1 N–H and O–H groups in total. The zero-order valence-corrected chi connectivity index (χ0v) is 11.2. The van der Waals surface area contributed by atoms with E-state index in [2.05, 4.69) is 6.92 Å². The van der Waals surface area contributed by atoms with Gasteiger partial charge in [0.2, 0.25) is 0 Å². The van der Waals surface area contributed by atoms with Crippen molar-refractivity contribution in [3.8, 4) is 0 Å². The van der Waals surface area contributed by atoms with E-state index in [1.54, 1.807) is 0 Å². The minimum atomic E-state index is -0.272. The van der Waals surface area contributed by atoms with E-state index in [1.165, 1.54) is 25.7 Å².